The van der Waals surface area contributed by atoms with Crippen molar-refractivity contribution in [2.24, 2.45) is 11.8 Å². The van der Waals surface area contributed by atoms with Crippen LogP contribution in [0.3, 0.4) is 0 Å². The Labute approximate surface area is 281 Å². The number of anilines is 1. The Balaban J connectivity index is 0.00000384. The zero-order chi connectivity index (χ0) is 30.0. The fourth-order valence-electron chi connectivity index (χ4n) is 7.14. The summed E-state index contributed by atoms with van der Waals surface area (Å²) in [6, 6.07) is 18.1. The summed E-state index contributed by atoms with van der Waals surface area (Å²) in [6.07, 6.45) is 5.40. The number of likely N-dealkylation sites (tertiary alicyclic amines) is 1. The van der Waals surface area contributed by atoms with Crippen molar-refractivity contribution in [1.29, 1.82) is 0 Å². The van der Waals surface area contributed by atoms with Crippen molar-refractivity contribution < 1.29 is 47.6 Å². The van der Waals surface area contributed by atoms with Crippen molar-refractivity contribution in [3.8, 4) is 0 Å². The average Bonchev–Trinajstić information content (AvgIpc) is 3.58. The highest BCUT2D eigenvalue weighted by Gasteiger charge is 2.47. The summed E-state index contributed by atoms with van der Waals surface area (Å²) in [5, 5.41) is 1.18. The fraction of sp³-hybridized carbons (Fsp3) is 0.529. The van der Waals surface area contributed by atoms with Crippen LogP contribution in [0, 0.1) is 11.8 Å². The number of carbonyl (C=O) groups is 3. The van der Waals surface area contributed by atoms with Crippen molar-refractivity contribution in [3.63, 3.8) is 0 Å². The number of fused-ring (bicyclic) bond motifs is 2. The number of halogens is 1. The molecule has 2 saturated heterocycles. The molecule has 2 aromatic carbocycles. The molecule has 1 aromatic heterocycles. The number of ether oxygens (including phenoxy) is 1. The minimum atomic E-state index is -0.750. The molecule has 3 fully saturated rings. The monoisotopic (exact) mass is 730 g/mol. The maximum atomic E-state index is 13.4. The maximum Gasteiger partial charge on any atom is 0.320 e. The first-order chi connectivity index (χ1) is 20.8. The molecular weight excluding hydrogens is 687 g/mol. The summed E-state index contributed by atoms with van der Waals surface area (Å²) in [4.78, 5) is 43.3. The van der Waals surface area contributed by atoms with Crippen LogP contribution in [-0.2, 0) is 24.5 Å². The topological polar surface area (TPSA) is 79.8 Å². The second-order valence-corrected chi connectivity index (χ2v) is 13.9. The van der Waals surface area contributed by atoms with Crippen LogP contribution in [0.1, 0.15) is 57.9 Å². The Bertz CT molecular complexity index is 1450. The lowest BCUT2D eigenvalue weighted by Gasteiger charge is -2.44. The fourth-order valence-corrected chi connectivity index (χ4v) is 7.93. The highest BCUT2D eigenvalue weighted by atomic mass is 127. The summed E-state index contributed by atoms with van der Waals surface area (Å²) in [5.41, 5.74) is 0.187. The molecule has 3 heterocycles. The highest BCUT2D eigenvalue weighted by molar-refractivity contribution is 7.13. The van der Waals surface area contributed by atoms with Gasteiger partial charge < -0.3 is 33.6 Å². The van der Waals surface area contributed by atoms with E-state index in [0.717, 1.165) is 82.6 Å². The largest absolute Gasteiger partial charge is 1.00 e. The molecular formula is C34H43IN4O4S. The van der Waals surface area contributed by atoms with E-state index < -0.39 is 5.41 Å². The summed E-state index contributed by atoms with van der Waals surface area (Å²) < 4.78 is 12.7. The van der Waals surface area contributed by atoms with E-state index in [1.54, 1.807) is 4.90 Å². The van der Waals surface area contributed by atoms with E-state index in [0.29, 0.717) is 17.8 Å². The molecule has 44 heavy (non-hydrogen) atoms. The molecule has 8 nitrogen and oxygen atoms in total. The van der Waals surface area contributed by atoms with E-state index in [-0.39, 0.29) is 53.6 Å². The molecule has 1 aliphatic carbocycles. The van der Waals surface area contributed by atoms with Crippen LogP contribution >= 0.6 is 11.5 Å². The Morgan fingerprint density at radius 1 is 0.955 bits per heavy atom. The summed E-state index contributed by atoms with van der Waals surface area (Å²) in [7, 11) is 0. The minimum Gasteiger partial charge on any atom is -1.00 e. The molecule has 0 N–H and O–H groups in total. The third-order valence-electron chi connectivity index (χ3n) is 10.0. The Morgan fingerprint density at radius 3 is 2.27 bits per heavy atom. The van der Waals surface area contributed by atoms with E-state index in [2.05, 4.69) is 23.1 Å². The first-order valence-corrected chi connectivity index (χ1v) is 16.6. The molecule has 0 radical (unpaired) electrons. The molecule has 2 amide bonds. The lowest BCUT2D eigenvalue weighted by molar-refractivity contribution is -0.944. The molecule has 2 unspecified atom stereocenters. The van der Waals surface area contributed by atoms with Crippen LogP contribution in [0.5, 0.6) is 0 Å². The molecule has 2 atom stereocenters. The number of piperazine rings is 1. The van der Waals surface area contributed by atoms with E-state index >= 15 is 0 Å². The van der Waals surface area contributed by atoms with Gasteiger partial charge in [0.15, 0.2) is 5.82 Å². The van der Waals surface area contributed by atoms with E-state index in [1.165, 1.54) is 21.6 Å². The Kier molecular flexibility index (Phi) is 10.3. The van der Waals surface area contributed by atoms with Gasteiger partial charge in [0.2, 0.25) is 18.5 Å². The van der Waals surface area contributed by atoms with Gasteiger partial charge in [-0.05, 0) is 68.8 Å². The molecule has 3 aliphatic rings. The highest BCUT2D eigenvalue weighted by Crippen LogP contribution is 2.38. The van der Waals surface area contributed by atoms with Gasteiger partial charge >= 0.3 is 5.97 Å². The Hall–Kier alpha value is -2.57. The number of imide groups is 1. The molecule has 2 aliphatic heterocycles. The number of aromatic nitrogens is 1. The number of unbranched alkanes of at least 4 members (excludes halogenated alkanes) is 1. The van der Waals surface area contributed by atoms with Gasteiger partial charge in [-0.2, -0.15) is 4.37 Å². The lowest BCUT2D eigenvalue weighted by atomic mass is 9.81. The van der Waals surface area contributed by atoms with Crippen molar-refractivity contribution in [3.05, 3.63) is 60.2 Å². The van der Waals surface area contributed by atoms with E-state index in [9.17, 15) is 14.4 Å². The van der Waals surface area contributed by atoms with Crippen LogP contribution in [0.15, 0.2) is 54.6 Å². The first kappa shape index (κ1) is 32.8. The van der Waals surface area contributed by atoms with Gasteiger partial charge in [-0.1, -0.05) is 55.3 Å². The number of rotatable bonds is 10. The number of carbonyl (C=O) groups excluding carboxylic acids is 3. The second kappa shape index (κ2) is 13.8. The van der Waals surface area contributed by atoms with Crippen LogP contribution in [0.25, 0.3) is 10.1 Å². The van der Waals surface area contributed by atoms with Gasteiger partial charge in [0, 0.05) is 11.9 Å². The average molecular weight is 731 g/mol. The normalized spacial score (nSPS) is 21.7. The third kappa shape index (κ3) is 6.53. The molecule has 6 rings (SSSR count). The van der Waals surface area contributed by atoms with Gasteiger partial charge in [0.25, 0.3) is 0 Å². The van der Waals surface area contributed by atoms with E-state index in [4.69, 9.17) is 9.11 Å². The molecule has 3 aromatic rings. The van der Waals surface area contributed by atoms with Gasteiger partial charge in [-0.3, -0.25) is 23.8 Å². The third-order valence-corrected chi connectivity index (χ3v) is 10.8. The standard InChI is InChI=1S/C34H43N4O4S.HI/c1-34(2,25-12-4-3-5-13-25)33(41)42-24-38(21-11-10-18-37-31(39)26-14-6-7-15-27(26)32(37)40)22-19-36(20-23-38)30-28-16-8-9-17-29(28)43-35-30;/h3-5,8-9,12-13,16-17,26-27H,6-7,10-11,14-15,18-24H2,1-2H3;1H/q+1;/p-1. The van der Waals surface area contributed by atoms with Crippen molar-refractivity contribution in [2.45, 2.75) is 57.8 Å². The predicted molar refractivity (Wildman–Crippen MR) is 169 cm³/mol. The van der Waals surface area contributed by atoms with Gasteiger partial charge in [-0.25, -0.2) is 0 Å². The van der Waals surface area contributed by atoms with Crippen LogP contribution < -0.4 is 28.9 Å². The number of esters is 1. The van der Waals surface area contributed by atoms with Crippen LogP contribution in [0.2, 0.25) is 0 Å². The van der Waals surface area contributed by atoms with E-state index in [1.807, 2.05) is 50.2 Å². The zero-order valence-electron chi connectivity index (χ0n) is 25.8. The number of benzene rings is 2. The number of hydrogen-bond donors (Lipinski definition) is 0. The van der Waals surface area contributed by atoms with Gasteiger partial charge in [0.1, 0.15) is 0 Å². The van der Waals surface area contributed by atoms with Crippen molar-refractivity contribution in [1.82, 2.24) is 9.27 Å². The number of amides is 2. The molecule has 0 spiro atoms. The first-order valence-electron chi connectivity index (χ1n) is 15.8. The summed E-state index contributed by atoms with van der Waals surface area (Å²) in [6.45, 7) is 8.76. The molecule has 0 bridgehead atoms. The van der Waals surface area contributed by atoms with Crippen molar-refractivity contribution >= 4 is 45.2 Å². The summed E-state index contributed by atoms with van der Waals surface area (Å²) >= 11 is 1.53. The van der Waals surface area contributed by atoms with Gasteiger partial charge in [-0.15, -0.1) is 0 Å². The van der Waals surface area contributed by atoms with Crippen LogP contribution in [-0.4, -0.2) is 77.5 Å². The quantitative estimate of drug-likeness (QED) is 0.105. The van der Waals surface area contributed by atoms with Gasteiger partial charge in [0.05, 0.1) is 54.7 Å². The second-order valence-electron chi connectivity index (χ2n) is 13.1. The smallest absolute Gasteiger partial charge is 0.320 e. The number of nitrogens with zero attached hydrogens (tertiary/aromatic N) is 4. The molecule has 10 heteroatoms. The number of hydrogen-bond acceptors (Lipinski definition) is 7. The SMILES string of the molecule is CC(C)(C(=O)OC[N+]1(CCCCN2C(=O)C3CCCCC3C2=O)CCN(c2nsc3ccccc23)CC1)c1ccccc1.[I-]. The zero-order valence-corrected chi connectivity index (χ0v) is 28.7. The maximum absolute atomic E-state index is 13.4. The van der Waals surface area contributed by atoms with Crippen molar-refractivity contribution in [2.75, 3.05) is 50.9 Å². The summed E-state index contributed by atoms with van der Waals surface area (Å²) in [5.74, 6) is 0.705. The minimum absolute atomic E-state index is 0. The molecule has 236 valence electrons. The number of quaternary nitrogens is 1. The lowest BCUT2D eigenvalue weighted by Crippen LogP contribution is -3.00. The predicted octanol–water partition coefficient (Wildman–Crippen LogP) is 2.37. The Morgan fingerprint density at radius 2 is 1.59 bits per heavy atom. The van der Waals surface area contributed by atoms with Crippen LogP contribution in [0.4, 0.5) is 5.82 Å². The molecule has 1 saturated carbocycles.